The average molecular weight is 217 g/mol. The summed E-state index contributed by atoms with van der Waals surface area (Å²) < 4.78 is 0. The van der Waals surface area contributed by atoms with Crippen LogP contribution in [0.4, 0.5) is 0 Å². The summed E-state index contributed by atoms with van der Waals surface area (Å²) in [6.07, 6.45) is 6.76. The van der Waals surface area contributed by atoms with Crippen LogP contribution in [-0.2, 0) is 6.42 Å². The molecule has 0 radical (unpaired) electrons. The van der Waals surface area contributed by atoms with Gasteiger partial charge in [0.05, 0.1) is 0 Å². The summed E-state index contributed by atoms with van der Waals surface area (Å²) in [5, 5.41) is 3.40. The molecule has 0 aliphatic heterocycles. The smallest absolute Gasteiger partial charge is 0.00642 e. The number of hydrogen-bond donors (Lipinski definition) is 1. The van der Waals surface area contributed by atoms with Crippen LogP contribution >= 0.6 is 0 Å². The highest BCUT2D eigenvalue weighted by Crippen LogP contribution is 2.27. The zero-order chi connectivity index (χ0) is 11.4. The van der Waals surface area contributed by atoms with Crippen LogP contribution in [0.3, 0.4) is 0 Å². The van der Waals surface area contributed by atoms with Gasteiger partial charge in [0.15, 0.2) is 0 Å². The van der Waals surface area contributed by atoms with Crippen molar-refractivity contribution >= 4 is 0 Å². The van der Waals surface area contributed by atoms with Crippen LogP contribution in [0.5, 0.6) is 0 Å². The lowest BCUT2D eigenvalue weighted by Gasteiger charge is -2.28. The molecule has 1 heteroatoms. The third kappa shape index (κ3) is 3.08. The minimum absolute atomic E-state index is 0.772. The van der Waals surface area contributed by atoms with Gasteiger partial charge in [-0.15, -0.1) is 0 Å². The Labute approximate surface area is 99.3 Å². The summed E-state index contributed by atoms with van der Waals surface area (Å²) in [5.41, 5.74) is 2.91. The SMILES string of the molecule is CNC1CCC(Cc2cccc(C)c2)CC1. The first kappa shape index (κ1) is 11.7. The van der Waals surface area contributed by atoms with Gasteiger partial charge < -0.3 is 5.32 Å². The maximum Gasteiger partial charge on any atom is 0.00642 e. The molecule has 0 saturated heterocycles. The van der Waals surface area contributed by atoms with Gasteiger partial charge in [-0.1, -0.05) is 29.8 Å². The molecule has 0 bridgehead atoms. The van der Waals surface area contributed by atoms with Gasteiger partial charge in [-0.25, -0.2) is 0 Å². The van der Waals surface area contributed by atoms with E-state index >= 15 is 0 Å². The van der Waals surface area contributed by atoms with E-state index in [1.807, 2.05) is 0 Å². The van der Waals surface area contributed by atoms with Gasteiger partial charge in [-0.2, -0.15) is 0 Å². The monoisotopic (exact) mass is 217 g/mol. The van der Waals surface area contributed by atoms with Gasteiger partial charge in [0.2, 0.25) is 0 Å². The fourth-order valence-corrected chi connectivity index (χ4v) is 2.83. The molecule has 1 aromatic rings. The predicted molar refractivity (Wildman–Crippen MR) is 69.7 cm³/mol. The minimum Gasteiger partial charge on any atom is -0.317 e. The summed E-state index contributed by atoms with van der Waals surface area (Å²) in [6.45, 7) is 2.18. The molecule has 0 heterocycles. The van der Waals surface area contributed by atoms with Crippen molar-refractivity contribution in [2.24, 2.45) is 5.92 Å². The molecule has 1 aliphatic carbocycles. The molecule has 0 amide bonds. The van der Waals surface area contributed by atoms with Crippen molar-refractivity contribution in [3.8, 4) is 0 Å². The first-order valence-electron chi connectivity index (χ1n) is 6.50. The van der Waals surface area contributed by atoms with E-state index < -0.39 is 0 Å². The number of aryl methyl sites for hydroxylation is 1. The van der Waals surface area contributed by atoms with Crippen molar-refractivity contribution in [3.05, 3.63) is 35.4 Å². The van der Waals surface area contributed by atoms with Gasteiger partial charge in [-0.3, -0.25) is 0 Å². The summed E-state index contributed by atoms with van der Waals surface area (Å²) >= 11 is 0. The van der Waals surface area contributed by atoms with Crippen LogP contribution in [0.1, 0.15) is 36.8 Å². The average Bonchev–Trinajstić information content (AvgIpc) is 2.30. The Balaban J connectivity index is 1.87. The van der Waals surface area contributed by atoms with Gasteiger partial charge in [0.1, 0.15) is 0 Å². The Morgan fingerprint density at radius 3 is 2.56 bits per heavy atom. The molecule has 0 spiro atoms. The highest BCUT2D eigenvalue weighted by Gasteiger charge is 2.19. The predicted octanol–water partition coefficient (Wildman–Crippen LogP) is 3.32. The Morgan fingerprint density at radius 1 is 1.19 bits per heavy atom. The van der Waals surface area contributed by atoms with Crippen LogP contribution in [0.15, 0.2) is 24.3 Å². The summed E-state index contributed by atoms with van der Waals surface area (Å²) in [7, 11) is 2.09. The topological polar surface area (TPSA) is 12.0 Å². The van der Waals surface area contributed by atoms with Crippen molar-refractivity contribution in [2.45, 2.75) is 45.1 Å². The molecule has 2 rings (SSSR count). The largest absolute Gasteiger partial charge is 0.317 e. The Morgan fingerprint density at radius 2 is 1.94 bits per heavy atom. The lowest BCUT2D eigenvalue weighted by atomic mass is 9.82. The quantitative estimate of drug-likeness (QED) is 0.819. The molecular formula is C15H23N. The van der Waals surface area contributed by atoms with Crippen molar-refractivity contribution < 1.29 is 0 Å². The molecular weight excluding hydrogens is 194 g/mol. The fourth-order valence-electron chi connectivity index (χ4n) is 2.83. The second kappa shape index (κ2) is 5.49. The highest BCUT2D eigenvalue weighted by molar-refractivity contribution is 5.22. The van der Waals surface area contributed by atoms with Gasteiger partial charge in [0, 0.05) is 6.04 Å². The molecule has 1 aliphatic rings. The number of rotatable bonds is 3. The van der Waals surface area contributed by atoms with Crippen LogP contribution in [-0.4, -0.2) is 13.1 Å². The normalized spacial score (nSPS) is 25.6. The highest BCUT2D eigenvalue weighted by atomic mass is 14.9. The van der Waals surface area contributed by atoms with Crippen LogP contribution in [0.25, 0.3) is 0 Å². The first-order chi connectivity index (χ1) is 7.78. The molecule has 0 aromatic heterocycles. The van der Waals surface area contributed by atoms with E-state index in [2.05, 4.69) is 43.6 Å². The molecule has 88 valence electrons. The Kier molecular flexibility index (Phi) is 4.00. The van der Waals surface area contributed by atoms with Crippen molar-refractivity contribution in [3.63, 3.8) is 0 Å². The molecule has 16 heavy (non-hydrogen) atoms. The van der Waals surface area contributed by atoms with Crippen LogP contribution in [0, 0.1) is 12.8 Å². The van der Waals surface area contributed by atoms with Gasteiger partial charge in [0.25, 0.3) is 0 Å². The first-order valence-corrected chi connectivity index (χ1v) is 6.50. The molecule has 1 N–H and O–H groups in total. The zero-order valence-electron chi connectivity index (χ0n) is 10.5. The molecule has 0 unspecified atom stereocenters. The molecule has 1 nitrogen and oxygen atoms in total. The van der Waals surface area contributed by atoms with E-state index in [9.17, 15) is 0 Å². The minimum atomic E-state index is 0.772. The fraction of sp³-hybridized carbons (Fsp3) is 0.600. The standard InChI is InChI=1S/C15H23N/c1-12-4-3-5-14(10-12)11-13-6-8-15(16-2)9-7-13/h3-5,10,13,15-16H,6-9,11H2,1-2H3. The molecule has 0 atom stereocenters. The summed E-state index contributed by atoms with van der Waals surface area (Å²) in [4.78, 5) is 0. The van der Waals surface area contributed by atoms with Crippen molar-refractivity contribution in [1.82, 2.24) is 5.32 Å². The molecule has 1 aromatic carbocycles. The Bertz CT molecular complexity index is 324. The number of hydrogen-bond acceptors (Lipinski definition) is 1. The van der Waals surface area contributed by atoms with E-state index in [0.29, 0.717) is 0 Å². The van der Waals surface area contributed by atoms with E-state index in [-0.39, 0.29) is 0 Å². The summed E-state index contributed by atoms with van der Waals surface area (Å²) in [5.74, 6) is 0.909. The van der Waals surface area contributed by atoms with E-state index in [1.54, 1.807) is 0 Å². The van der Waals surface area contributed by atoms with Gasteiger partial charge >= 0.3 is 0 Å². The molecule has 1 saturated carbocycles. The summed E-state index contributed by atoms with van der Waals surface area (Å²) in [6, 6.07) is 9.75. The van der Waals surface area contributed by atoms with E-state index in [0.717, 1.165) is 12.0 Å². The number of nitrogens with one attached hydrogen (secondary N) is 1. The van der Waals surface area contributed by atoms with Crippen molar-refractivity contribution in [2.75, 3.05) is 7.05 Å². The zero-order valence-corrected chi connectivity index (χ0v) is 10.5. The molecule has 1 fully saturated rings. The maximum atomic E-state index is 3.40. The third-order valence-corrected chi connectivity index (χ3v) is 3.86. The lowest BCUT2D eigenvalue weighted by molar-refractivity contribution is 0.300. The maximum absolute atomic E-state index is 3.40. The van der Waals surface area contributed by atoms with Crippen LogP contribution in [0.2, 0.25) is 0 Å². The third-order valence-electron chi connectivity index (χ3n) is 3.86. The van der Waals surface area contributed by atoms with Crippen molar-refractivity contribution in [1.29, 1.82) is 0 Å². The van der Waals surface area contributed by atoms with Crippen LogP contribution < -0.4 is 5.32 Å². The van der Waals surface area contributed by atoms with E-state index in [1.165, 1.54) is 43.2 Å². The number of benzene rings is 1. The second-order valence-corrected chi connectivity index (χ2v) is 5.20. The van der Waals surface area contributed by atoms with Gasteiger partial charge in [-0.05, 0) is 57.6 Å². The Hall–Kier alpha value is -0.820. The second-order valence-electron chi connectivity index (χ2n) is 5.20. The van der Waals surface area contributed by atoms with E-state index in [4.69, 9.17) is 0 Å². The lowest BCUT2D eigenvalue weighted by Crippen LogP contribution is -2.30.